The van der Waals surface area contributed by atoms with Gasteiger partial charge in [0.15, 0.2) is 0 Å². The van der Waals surface area contributed by atoms with Crippen molar-refractivity contribution in [2.45, 2.75) is 58.3 Å². The van der Waals surface area contributed by atoms with Crippen LogP contribution in [0.1, 0.15) is 58.4 Å². The highest BCUT2D eigenvalue weighted by molar-refractivity contribution is 5.65. The maximum absolute atomic E-state index is 9.60. The minimum absolute atomic E-state index is 0.227. The van der Waals surface area contributed by atoms with Crippen LogP contribution in [0.5, 0.6) is 5.75 Å². The smallest absolute Gasteiger partial charge is 0.116 e. The molecule has 0 aliphatic heterocycles. The molecule has 118 valence electrons. The van der Waals surface area contributed by atoms with E-state index in [1.807, 2.05) is 18.2 Å². The van der Waals surface area contributed by atoms with E-state index in [4.69, 9.17) is 0 Å². The Balaban J connectivity index is 2.07. The van der Waals surface area contributed by atoms with Crippen molar-refractivity contribution < 1.29 is 5.11 Å². The van der Waals surface area contributed by atoms with E-state index >= 15 is 0 Å². The predicted octanol–water partition coefficient (Wildman–Crippen LogP) is 6.31. The number of benzene rings is 2. The van der Waals surface area contributed by atoms with Crippen molar-refractivity contribution in [3.63, 3.8) is 0 Å². The fraction of sp³-hybridized carbons (Fsp3) is 0.429. The molecule has 0 spiro atoms. The monoisotopic (exact) mass is 296 g/mol. The first kappa shape index (κ1) is 16.6. The Bertz CT molecular complexity index is 581. The molecule has 0 unspecified atom stereocenters. The van der Waals surface area contributed by atoms with Gasteiger partial charge in [-0.25, -0.2) is 0 Å². The van der Waals surface area contributed by atoms with E-state index in [0.717, 1.165) is 11.1 Å². The highest BCUT2D eigenvalue weighted by Crippen LogP contribution is 2.31. The van der Waals surface area contributed by atoms with E-state index in [-0.39, 0.29) is 5.41 Å². The second kappa shape index (κ2) is 7.49. The maximum Gasteiger partial charge on any atom is 0.116 e. The predicted molar refractivity (Wildman–Crippen MR) is 95.3 cm³/mol. The van der Waals surface area contributed by atoms with Gasteiger partial charge in [0.2, 0.25) is 0 Å². The van der Waals surface area contributed by atoms with Crippen molar-refractivity contribution in [2.75, 3.05) is 0 Å². The largest absolute Gasteiger partial charge is 0.508 e. The van der Waals surface area contributed by atoms with Gasteiger partial charge in [0.25, 0.3) is 0 Å². The summed E-state index contributed by atoms with van der Waals surface area (Å²) in [4.78, 5) is 0. The quantitative estimate of drug-likeness (QED) is 0.594. The molecule has 2 aromatic rings. The molecule has 1 N–H and O–H groups in total. The van der Waals surface area contributed by atoms with Gasteiger partial charge >= 0.3 is 0 Å². The Labute approximate surface area is 135 Å². The highest BCUT2D eigenvalue weighted by Gasteiger charge is 2.19. The number of phenolic OH excluding ortho intramolecular Hbond substituents is 1. The molecule has 0 atom stereocenters. The van der Waals surface area contributed by atoms with Crippen LogP contribution in [-0.2, 0) is 5.41 Å². The standard InChI is InChI=1S/C21H28O/c1-4-5-6-7-15-21(2,3)19-13-11-17(12-14-19)18-9-8-10-20(22)16-18/h8-14,16,22H,4-7,15H2,1-3H3. The van der Waals surface area contributed by atoms with E-state index in [2.05, 4.69) is 45.0 Å². The maximum atomic E-state index is 9.60. The topological polar surface area (TPSA) is 20.2 Å². The van der Waals surface area contributed by atoms with Crippen LogP contribution < -0.4 is 0 Å². The summed E-state index contributed by atoms with van der Waals surface area (Å²) in [6, 6.07) is 16.2. The SMILES string of the molecule is CCCCCCC(C)(C)c1ccc(-c2cccc(O)c2)cc1. The summed E-state index contributed by atoms with van der Waals surface area (Å²) in [5, 5.41) is 9.60. The number of hydrogen-bond acceptors (Lipinski definition) is 1. The van der Waals surface area contributed by atoms with Crippen LogP contribution in [0.3, 0.4) is 0 Å². The molecule has 0 bridgehead atoms. The van der Waals surface area contributed by atoms with E-state index in [9.17, 15) is 5.11 Å². The molecule has 0 saturated carbocycles. The first-order chi connectivity index (χ1) is 10.5. The van der Waals surface area contributed by atoms with Crippen LogP contribution >= 0.6 is 0 Å². The average molecular weight is 296 g/mol. The lowest BCUT2D eigenvalue weighted by Gasteiger charge is -2.25. The first-order valence-electron chi connectivity index (χ1n) is 8.43. The van der Waals surface area contributed by atoms with Gasteiger partial charge in [-0.05, 0) is 40.7 Å². The van der Waals surface area contributed by atoms with Gasteiger partial charge in [-0.1, -0.05) is 82.9 Å². The third kappa shape index (κ3) is 4.37. The minimum Gasteiger partial charge on any atom is -0.508 e. The lowest BCUT2D eigenvalue weighted by atomic mass is 9.79. The van der Waals surface area contributed by atoms with E-state index in [1.165, 1.54) is 37.7 Å². The lowest BCUT2D eigenvalue weighted by molar-refractivity contribution is 0.446. The zero-order valence-corrected chi connectivity index (χ0v) is 14.1. The summed E-state index contributed by atoms with van der Waals surface area (Å²) in [6.07, 6.45) is 6.50. The lowest BCUT2D eigenvalue weighted by Crippen LogP contribution is -2.16. The summed E-state index contributed by atoms with van der Waals surface area (Å²) in [6.45, 7) is 6.93. The number of hydrogen-bond donors (Lipinski definition) is 1. The zero-order chi connectivity index (χ0) is 16.0. The third-order valence-corrected chi connectivity index (χ3v) is 4.50. The van der Waals surface area contributed by atoms with Crippen LogP contribution in [0.2, 0.25) is 0 Å². The fourth-order valence-corrected chi connectivity index (χ4v) is 2.94. The average Bonchev–Trinajstić information content (AvgIpc) is 2.52. The number of unbranched alkanes of at least 4 members (excludes halogenated alkanes) is 3. The van der Waals surface area contributed by atoms with Gasteiger partial charge in [-0.2, -0.15) is 0 Å². The van der Waals surface area contributed by atoms with Crippen LogP contribution in [0, 0.1) is 0 Å². The van der Waals surface area contributed by atoms with Crippen LogP contribution in [0.4, 0.5) is 0 Å². The number of phenols is 1. The number of aromatic hydroxyl groups is 1. The normalized spacial score (nSPS) is 11.6. The van der Waals surface area contributed by atoms with E-state index < -0.39 is 0 Å². The fourth-order valence-electron chi connectivity index (χ4n) is 2.94. The second-order valence-electron chi connectivity index (χ2n) is 6.82. The molecule has 0 aromatic heterocycles. The van der Waals surface area contributed by atoms with Gasteiger partial charge in [0, 0.05) is 0 Å². The third-order valence-electron chi connectivity index (χ3n) is 4.50. The van der Waals surface area contributed by atoms with Gasteiger partial charge in [0.05, 0.1) is 0 Å². The minimum atomic E-state index is 0.227. The summed E-state index contributed by atoms with van der Waals surface area (Å²) in [5.74, 6) is 0.317. The van der Waals surface area contributed by atoms with Gasteiger partial charge in [0.1, 0.15) is 5.75 Å². The second-order valence-corrected chi connectivity index (χ2v) is 6.82. The molecular weight excluding hydrogens is 268 g/mol. The molecule has 1 nitrogen and oxygen atoms in total. The van der Waals surface area contributed by atoms with Crippen LogP contribution in [0.15, 0.2) is 48.5 Å². The van der Waals surface area contributed by atoms with Crippen molar-refractivity contribution in [1.29, 1.82) is 0 Å². The Morgan fingerprint density at radius 2 is 1.59 bits per heavy atom. The molecule has 0 saturated heterocycles. The van der Waals surface area contributed by atoms with Crippen molar-refractivity contribution in [3.05, 3.63) is 54.1 Å². The summed E-state index contributed by atoms with van der Waals surface area (Å²) in [7, 11) is 0. The Morgan fingerprint density at radius 1 is 0.864 bits per heavy atom. The van der Waals surface area contributed by atoms with Crippen molar-refractivity contribution in [2.24, 2.45) is 0 Å². The molecule has 2 rings (SSSR count). The van der Waals surface area contributed by atoms with Gasteiger partial charge in [-0.15, -0.1) is 0 Å². The molecule has 22 heavy (non-hydrogen) atoms. The molecule has 0 heterocycles. The van der Waals surface area contributed by atoms with E-state index in [0.29, 0.717) is 5.75 Å². The molecule has 0 amide bonds. The Hall–Kier alpha value is -1.76. The zero-order valence-electron chi connectivity index (χ0n) is 14.1. The summed E-state index contributed by atoms with van der Waals surface area (Å²) < 4.78 is 0. The first-order valence-corrected chi connectivity index (χ1v) is 8.43. The van der Waals surface area contributed by atoms with Gasteiger partial charge < -0.3 is 5.11 Å². The van der Waals surface area contributed by atoms with Crippen molar-refractivity contribution in [1.82, 2.24) is 0 Å². The molecular formula is C21H28O. The molecule has 1 heteroatoms. The van der Waals surface area contributed by atoms with E-state index in [1.54, 1.807) is 6.07 Å². The molecule has 0 radical (unpaired) electrons. The molecule has 0 fully saturated rings. The molecule has 0 aliphatic rings. The Morgan fingerprint density at radius 3 is 2.23 bits per heavy atom. The van der Waals surface area contributed by atoms with Crippen LogP contribution in [-0.4, -0.2) is 5.11 Å². The van der Waals surface area contributed by atoms with Gasteiger partial charge in [-0.3, -0.25) is 0 Å². The Kier molecular flexibility index (Phi) is 5.65. The summed E-state index contributed by atoms with van der Waals surface area (Å²) >= 11 is 0. The number of rotatable bonds is 7. The van der Waals surface area contributed by atoms with Crippen molar-refractivity contribution in [3.8, 4) is 16.9 Å². The molecule has 2 aromatic carbocycles. The van der Waals surface area contributed by atoms with Crippen molar-refractivity contribution >= 4 is 0 Å². The highest BCUT2D eigenvalue weighted by atomic mass is 16.3. The van der Waals surface area contributed by atoms with Crippen LogP contribution in [0.25, 0.3) is 11.1 Å². The molecule has 0 aliphatic carbocycles. The summed E-state index contributed by atoms with van der Waals surface area (Å²) in [5.41, 5.74) is 3.84.